The summed E-state index contributed by atoms with van der Waals surface area (Å²) in [6.07, 6.45) is 4.04. The lowest BCUT2D eigenvalue weighted by molar-refractivity contribution is -0.129. The molecule has 4 rings (SSSR count). The number of halogens is 1. The van der Waals surface area contributed by atoms with E-state index in [0.717, 1.165) is 37.4 Å². The average molecular weight is 496 g/mol. The number of likely N-dealkylation sites (tertiary alicyclic amines) is 1. The molecule has 180 valence electrons. The van der Waals surface area contributed by atoms with Crippen LogP contribution in [0.2, 0.25) is 0 Å². The minimum atomic E-state index is -3.07. The molecule has 3 heterocycles. The van der Waals surface area contributed by atoms with E-state index in [4.69, 9.17) is 0 Å². The molecule has 2 aromatic rings. The van der Waals surface area contributed by atoms with E-state index in [2.05, 4.69) is 15.1 Å². The number of rotatable bonds is 8. The Bertz CT molecular complexity index is 1070. The topological polar surface area (TPSA) is 88.4 Å². The number of hydrogen-bond acceptors (Lipinski definition) is 7. The summed E-state index contributed by atoms with van der Waals surface area (Å²) in [7, 11) is -3.07. The summed E-state index contributed by atoms with van der Waals surface area (Å²) in [6, 6.07) is 5.91. The van der Waals surface area contributed by atoms with Gasteiger partial charge in [0.2, 0.25) is 5.91 Å². The Balaban J connectivity index is 1.51. The van der Waals surface area contributed by atoms with Crippen LogP contribution in [0.1, 0.15) is 38.4 Å². The summed E-state index contributed by atoms with van der Waals surface area (Å²) in [4.78, 5) is 17.0. The van der Waals surface area contributed by atoms with Gasteiger partial charge in [0.15, 0.2) is 20.8 Å². The number of sulfone groups is 1. The van der Waals surface area contributed by atoms with Crippen LogP contribution >= 0.6 is 11.8 Å². The lowest BCUT2D eigenvalue weighted by Crippen LogP contribution is -2.42. The van der Waals surface area contributed by atoms with Crippen LogP contribution in [0.5, 0.6) is 0 Å². The highest BCUT2D eigenvalue weighted by Gasteiger charge is 2.34. The Labute approximate surface area is 198 Å². The number of thioether (sulfide) groups is 1. The Morgan fingerprint density at radius 2 is 1.91 bits per heavy atom. The first-order chi connectivity index (χ1) is 15.9. The van der Waals surface area contributed by atoms with Crippen molar-refractivity contribution in [3.05, 3.63) is 35.9 Å². The molecule has 0 saturated carbocycles. The summed E-state index contributed by atoms with van der Waals surface area (Å²) in [6.45, 7) is 4.98. The van der Waals surface area contributed by atoms with Gasteiger partial charge in [-0.25, -0.2) is 12.8 Å². The van der Waals surface area contributed by atoms with Gasteiger partial charge in [-0.05, 0) is 63.5 Å². The van der Waals surface area contributed by atoms with Gasteiger partial charge >= 0.3 is 0 Å². The molecular weight excluding hydrogens is 465 g/mol. The largest absolute Gasteiger partial charge is 0.338 e. The van der Waals surface area contributed by atoms with E-state index in [0.29, 0.717) is 24.7 Å². The smallest absolute Gasteiger partial charge is 0.233 e. The van der Waals surface area contributed by atoms with Crippen molar-refractivity contribution >= 4 is 27.5 Å². The normalized spacial score (nSPS) is 20.7. The lowest BCUT2D eigenvalue weighted by atomic mass is 10.1. The second-order valence-corrected chi connectivity index (χ2v) is 11.7. The summed E-state index contributed by atoms with van der Waals surface area (Å²) in [5.74, 6) is 0.617. The second-order valence-electron chi connectivity index (χ2n) is 8.57. The van der Waals surface area contributed by atoms with Gasteiger partial charge in [-0.15, -0.1) is 10.2 Å². The minimum absolute atomic E-state index is 0.0307. The van der Waals surface area contributed by atoms with Gasteiger partial charge in [-0.3, -0.25) is 14.3 Å². The van der Waals surface area contributed by atoms with Gasteiger partial charge in [-0.2, -0.15) is 0 Å². The van der Waals surface area contributed by atoms with E-state index in [1.807, 2.05) is 11.5 Å². The number of carbonyl (C=O) groups is 1. The van der Waals surface area contributed by atoms with E-state index in [9.17, 15) is 17.6 Å². The van der Waals surface area contributed by atoms with Gasteiger partial charge < -0.3 is 4.90 Å². The fraction of sp³-hybridized carbons (Fsp3) is 0.591. The third-order valence-corrected chi connectivity index (χ3v) is 8.90. The van der Waals surface area contributed by atoms with Crippen molar-refractivity contribution in [1.82, 2.24) is 24.6 Å². The van der Waals surface area contributed by atoms with Crippen LogP contribution in [0.4, 0.5) is 4.39 Å². The van der Waals surface area contributed by atoms with Crippen molar-refractivity contribution in [3.8, 4) is 5.69 Å². The summed E-state index contributed by atoms with van der Waals surface area (Å²) in [5.41, 5.74) is 0.748. The summed E-state index contributed by atoms with van der Waals surface area (Å²) in [5, 5.41) is 9.31. The second kappa shape index (κ2) is 10.5. The molecule has 0 aliphatic carbocycles. The van der Waals surface area contributed by atoms with Crippen LogP contribution in [0, 0.1) is 5.82 Å². The number of benzene rings is 1. The SMILES string of the molecule is CCN(C(=O)CSc1nnc(CN2CCCCC2)n1-c1ccc(F)cc1)C1CCS(=O)(=O)C1. The Hall–Kier alpha value is -1.98. The first-order valence-corrected chi connectivity index (χ1v) is 14.2. The maximum absolute atomic E-state index is 13.5. The fourth-order valence-corrected chi connectivity index (χ4v) is 7.12. The fourth-order valence-electron chi connectivity index (χ4n) is 4.53. The Morgan fingerprint density at radius 3 is 2.55 bits per heavy atom. The van der Waals surface area contributed by atoms with Gasteiger partial charge in [-0.1, -0.05) is 18.2 Å². The van der Waals surface area contributed by atoms with Crippen molar-refractivity contribution in [2.75, 3.05) is 36.9 Å². The van der Waals surface area contributed by atoms with Crippen LogP contribution in [0.3, 0.4) is 0 Å². The molecule has 1 aromatic carbocycles. The molecule has 11 heteroatoms. The molecule has 2 saturated heterocycles. The zero-order valence-corrected chi connectivity index (χ0v) is 20.5. The molecule has 2 aliphatic rings. The Morgan fingerprint density at radius 1 is 1.18 bits per heavy atom. The van der Waals surface area contributed by atoms with E-state index < -0.39 is 9.84 Å². The number of piperidine rings is 1. The van der Waals surface area contributed by atoms with Crippen LogP contribution in [-0.4, -0.2) is 81.8 Å². The molecule has 0 spiro atoms. The average Bonchev–Trinajstić information content (AvgIpc) is 3.36. The maximum atomic E-state index is 13.5. The van der Waals surface area contributed by atoms with Gasteiger partial charge in [0.25, 0.3) is 0 Å². The van der Waals surface area contributed by atoms with Gasteiger partial charge in [0.05, 0.1) is 23.8 Å². The standard InChI is InChI=1S/C22H30FN5O3S2/c1-2-27(19-10-13-33(30,31)16-19)21(29)15-32-22-25-24-20(14-26-11-4-3-5-12-26)28(22)18-8-6-17(23)7-9-18/h6-9,19H,2-5,10-16H2,1H3. The molecule has 0 bridgehead atoms. The molecule has 0 radical (unpaired) electrons. The van der Waals surface area contributed by atoms with Crippen molar-refractivity contribution in [1.29, 1.82) is 0 Å². The van der Waals surface area contributed by atoms with E-state index >= 15 is 0 Å². The molecule has 33 heavy (non-hydrogen) atoms. The van der Waals surface area contributed by atoms with Crippen LogP contribution < -0.4 is 0 Å². The van der Waals surface area contributed by atoms with Gasteiger partial charge in [0, 0.05) is 18.3 Å². The number of aromatic nitrogens is 3. The van der Waals surface area contributed by atoms with Crippen molar-refractivity contribution in [3.63, 3.8) is 0 Å². The minimum Gasteiger partial charge on any atom is -0.338 e. The first kappa shape index (κ1) is 24.2. The summed E-state index contributed by atoms with van der Waals surface area (Å²) < 4.78 is 39.1. The quantitative estimate of drug-likeness (QED) is 0.520. The molecule has 2 fully saturated rings. The van der Waals surface area contributed by atoms with Crippen LogP contribution in [-0.2, 0) is 21.2 Å². The number of nitrogens with zero attached hydrogens (tertiary/aromatic N) is 5. The Kier molecular flexibility index (Phi) is 7.70. The van der Waals surface area contributed by atoms with Crippen LogP contribution in [0.15, 0.2) is 29.4 Å². The molecule has 2 aliphatic heterocycles. The van der Waals surface area contributed by atoms with E-state index in [1.54, 1.807) is 17.0 Å². The molecule has 0 N–H and O–H groups in total. The highest BCUT2D eigenvalue weighted by atomic mass is 32.2. The van der Waals surface area contributed by atoms with E-state index in [1.165, 1.54) is 30.3 Å². The van der Waals surface area contributed by atoms with Crippen LogP contribution in [0.25, 0.3) is 5.69 Å². The predicted octanol–water partition coefficient (Wildman–Crippen LogP) is 2.52. The van der Waals surface area contributed by atoms with Crippen molar-refractivity contribution < 1.29 is 17.6 Å². The number of amides is 1. The predicted molar refractivity (Wildman–Crippen MR) is 126 cm³/mol. The number of hydrogen-bond donors (Lipinski definition) is 0. The third-order valence-electron chi connectivity index (χ3n) is 6.23. The number of carbonyl (C=O) groups excluding carboxylic acids is 1. The van der Waals surface area contributed by atoms with Crippen molar-refractivity contribution in [2.24, 2.45) is 0 Å². The van der Waals surface area contributed by atoms with E-state index in [-0.39, 0.29) is 35.0 Å². The molecule has 1 atom stereocenters. The van der Waals surface area contributed by atoms with Gasteiger partial charge in [0.1, 0.15) is 5.82 Å². The molecule has 1 unspecified atom stereocenters. The highest BCUT2D eigenvalue weighted by molar-refractivity contribution is 7.99. The molecular formula is C22H30FN5O3S2. The van der Waals surface area contributed by atoms with Crippen molar-refractivity contribution in [2.45, 2.75) is 50.4 Å². The molecule has 8 nitrogen and oxygen atoms in total. The lowest BCUT2D eigenvalue weighted by Gasteiger charge is -2.27. The monoisotopic (exact) mass is 495 g/mol. The molecule has 1 aromatic heterocycles. The third kappa shape index (κ3) is 5.93. The highest BCUT2D eigenvalue weighted by Crippen LogP contribution is 2.25. The first-order valence-electron chi connectivity index (χ1n) is 11.4. The summed E-state index contributed by atoms with van der Waals surface area (Å²) >= 11 is 1.28. The maximum Gasteiger partial charge on any atom is 0.233 e. The zero-order chi connectivity index (χ0) is 23.4. The zero-order valence-electron chi connectivity index (χ0n) is 18.8. The molecule has 1 amide bonds.